The first-order valence-electron chi connectivity index (χ1n) is 7.97. The lowest BCUT2D eigenvalue weighted by Crippen LogP contribution is -2.38. The molecule has 0 spiro atoms. The van der Waals surface area contributed by atoms with Gasteiger partial charge >= 0.3 is 6.18 Å². The second-order valence-corrected chi connectivity index (χ2v) is 13.0. The smallest absolute Gasteiger partial charge is 0.412 e. The van der Waals surface area contributed by atoms with Gasteiger partial charge in [-0.3, -0.25) is 4.79 Å². The molecule has 0 aromatic heterocycles. The minimum atomic E-state index is -4.34. The van der Waals surface area contributed by atoms with Gasteiger partial charge in [-0.05, 0) is 32.4 Å². The van der Waals surface area contributed by atoms with E-state index < -0.39 is 23.9 Å². The van der Waals surface area contributed by atoms with Gasteiger partial charge in [0.1, 0.15) is 23.7 Å². The van der Waals surface area contributed by atoms with Crippen molar-refractivity contribution in [3.05, 3.63) is 35.1 Å². The van der Waals surface area contributed by atoms with Gasteiger partial charge in [0.05, 0.1) is 18.2 Å². The summed E-state index contributed by atoms with van der Waals surface area (Å²) in [6, 6.07) is 5.52. The van der Waals surface area contributed by atoms with E-state index in [1.165, 1.54) is 6.66 Å². The van der Waals surface area contributed by atoms with Crippen molar-refractivity contribution in [2.75, 3.05) is 20.4 Å². The van der Waals surface area contributed by atoms with Crippen LogP contribution in [0.4, 0.5) is 13.2 Å². The second-order valence-electron chi connectivity index (χ2n) is 6.64. The standard InChI is InChI=1S/C14H17NO3.C3H5ClF3OPS/c1-8-5-6-9(10(7-8)18-4)11-12(16)14(2,3)15-13(11)17;1-9(4,10)8-2-3(5,6)7/h5-7,16H,1-4H3,(H,15,17);2H2,1H3. The highest BCUT2D eigenvalue weighted by molar-refractivity contribution is 8.24. The molecular formula is C17H22ClF3NO4PS. The maximum absolute atomic E-state index is 12.0. The Bertz CT molecular complexity index is 821. The van der Waals surface area contributed by atoms with Crippen LogP contribution in [-0.4, -0.2) is 43.1 Å². The topological polar surface area (TPSA) is 67.8 Å². The SMILES string of the molecule is COc1cc(C)ccc1C1=C(O)C(C)(C)NC1=O.CP(=S)(Cl)OCC(F)(F)F. The van der Waals surface area contributed by atoms with Crippen molar-refractivity contribution < 1.29 is 32.3 Å². The van der Waals surface area contributed by atoms with Crippen LogP contribution in [0.2, 0.25) is 0 Å². The van der Waals surface area contributed by atoms with Crippen molar-refractivity contribution in [3.63, 3.8) is 0 Å². The maximum Gasteiger partial charge on any atom is 0.412 e. The molecule has 1 amide bonds. The van der Waals surface area contributed by atoms with E-state index in [9.17, 15) is 23.1 Å². The molecule has 0 bridgehead atoms. The Kier molecular flexibility index (Phi) is 7.98. The van der Waals surface area contributed by atoms with Gasteiger partial charge in [0.25, 0.3) is 5.91 Å². The van der Waals surface area contributed by atoms with E-state index >= 15 is 0 Å². The van der Waals surface area contributed by atoms with Crippen LogP contribution in [-0.2, 0) is 21.1 Å². The molecule has 1 unspecified atom stereocenters. The van der Waals surface area contributed by atoms with E-state index in [1.54, 1.807) is 27.0 Å². The zero-order chi connectivity index (χ0) is 21.9. The largest absolute Gasteiger partial charge is 0.509 e. The number of carbonyl (C=O) groups is 1. The predicted octanol–water partition coefficient (Wildman–Crippen LogP) is 4.92. The number of halogens is 4. The van der Waals surface area contributed by atoms with Crippen LogP contribution in [0.3, 0.4) is 0 Å². The lowest BCUT2D eigenvalue weighted by Gasteiger charge is -2.17. The van der Waals surface area contributed by atoms with E-state index in [2.05, 4.69) is 21.6 Å². The average Bonchev–Trinajstić information content (AvgIpc) is 2.73. The molecule has 0 saturated heterocycles. The summed E-state index contributed by atoms with van der Waals surface area (Å²) in [6.07, 6.45) is -4.34. The Morgan fingerprint density at radius 1 is 1.36 bits per heavy atom. The fourth-order valence-corrected chi connectivity index (χ4v) is 2.95. The van der Waals surface area contributed by atoms with Crippen molar-refractivity contribution in [1.29, 1.82) is 0 Å². The Morgan fingerprint density at radius 2 is 1.93 bits per heavy atom. The number of amides is 1. The van der Waals surface area contributed by atoms with Crippen LogP contribution in [0.15, 0.2) is 24.0 Å². The summed E-state index contributed by atoms with van der Waals surface area (Å²) < 4.78 is 43.6. The summed E-state index contributed by atoms with van der Waals surface area (Å²) in [5.74, 6) is 0.360. The number of nitrogens with one attached hydrogen (secondary N) is 1. The van der Waals surface area contributed by atoms with Crippen LogP contribution >= 0.6 is 16.9 Å². The quantitative estimate of drug-likeness (QED) is 0.625. The van der Waals surface area contributed by atoms with Gasteiger partial charge in [0.15, 0.2) is 0 Å². The number of carbonyl (C=O) groups excluding carboxylic acids is 1. The molecule has 0 radical (unpaired) electrons. The number of alkyl halides is 3. The summed E-state index contributed by atoms with van der Waals surface area (Å²) in [5.41, 5.74) is -1.47. The number of aliphatic hydroxyl groups excluding tert-OH is 1. The minimum Gasteiger partial charge on any atom is -0.509 e. The van der Waals surface area contributed by atoms with Crippen LogP contribution in [0.25, 0.3) is 5.57 Å². The molecule has 5 nitrogen and oxygen atoms in total. The summed E-state index contributed by atoms with van der Waals surface area (Å²) in [7, 11) is 1.55. The molecule has 1 aromatic rings. The molecule has 11 heteroatoms. The summed E-state index contributed by atoms with van der Waals surface area (Å²) in [5, 5.41) is 12.9. The lowest BCUT2D eigenvalue weighted by atomic mass is 9.98. The number of methoxy groups -OCH3 is 1. The Labute approximate surface area is 171 Å². The van der Waals surface area contributed by atoms with E-state index in [0.29, 0.717) is 11.3 Å². The lowest BCUT2D eigenvalue weighted by molar-refractivity contribution is -0.151. The zero-order valence-corrected chi connectivity index (χ0v) is 18.4. The van der Waals surface area contributed by atoms with Crippen molar-refractivity contribution in [2.45, 2.75) is 32.5 Å². The van der Waals surface area contributed by atoms with Crippen molar-refractivity contribution in [2.24, 2.45) is 0 Å². The molecule has 1 aliphatic rings. The molecule has 1 heterocycles. The zero-order valence-electron chi connectivity index (χ0n) is 16.0. The van der Waals surface area contributed by atoms with Crippen molar-refractivity contribution in [1.82, 2.24) is 5.32 Å². The first-order chi connectivity index (χ1) is 12.6. The molecule has 0 aliphatic carbocycles. The highest BCUT2D eigenvalue weighted by Gasteiger charge is 2.39. The highest BCUT2D eigenvalue weighted by atomic mass is 35.7. The van der Waals surface area contributed by atoms with Gasteiger partial charge in [-0.2, -0.15) is 13.2 Å². The molecule has 158 valence electrons. The van der Waals surface area contributed by atoms with Crippen molar-refractivity contribution in [3.8, 4) is 5.75 Å². The summed E-state index contributed by atoms with van der Waals surface area (Å²) in [4.78, 5) is 12.0. The molecular weight excluding hydrogens is 438 g/mol. The number of ether oxygens (including phenoxy) is 1. The Morgan fingerprint density at radius 3 is 2.29 bits per heavy atom. The van der Waals surface area contributed by atoms with E-state index in [4.69, 9.17) is 16.0 Å². The normalized spacial score (nSPS) is 18.1. The van der Waals surface area contributed by atoms with Gasteiger partial charge in [0.2, 0.25) is 0 Å². The van der Waals surface area contributed by atoms with Gasteiger partial charge < -0.3 is 19.7 Å². The first kappa shape index (κ1) is 24.8. The third kappa shape index (κ3) is 7.28. The van der Waals surface area contributed by atoms with Gasteiger partial charge in [-0.15, -0.1) is 0 Å². The molecule has 2 N–H and O–H groups in total. The van der Waals surface area contributed by atoms with Crippen LogP contribution in [0.1, 0.15) is 25.0 Å². The molecule has 1 aliphatic heterocycles. The second kappa shape index (κ2) is 9.03. The van der Waals surface area contributed by atoms with Crippen LogP contribution < -0.4 is 10.1 Å². The molecule has 28 heavy (non-hydrogen) atoms. The number of aliphatic hydroxyl groups is 1. The summed E-state index contributed by atoms with van der Waals surface area (Å²) in [6.45, 7) is 5.38. The Balaban J connectivity index is 0.000000336. The number of benzene rings is 1. The number of hydrogen-bond acceptors (Lipinski definition) is 5. The van der Waals surface area contributed by atoms with Gasteiger partial charge in [-0.1, -0.05) is 35.2 Å². The minimum absolute atomic E-state index is 0.0506. The van der Waals surface area contributed by atoms with Gasteiger partial charge in [-0.25, -0.2) is 0 Å². The van der Waals surface area contributed by atoms with E-state index in [1.807, 2.05) is 19.1 Å². The monoisotopic (exact) mass is 459 g/mol. The first-order valence-corrected chi connectivity index (χ1v) is 12.0. The molecule has 1 aromatic carbocycles. The average molecular weight is 460 g/mol. The van der Waals surface area contributed by atoms with Gasteiger partial charge in [0, 0.05) is 12.2 Å². The summed E-state index contributed by atoms with van der Waals surface area (Å²) >= 11 is 9.65. The van der Waals surface area contributed by atoms with Crippen LogP contribution in [0.5, 0.6) is 5.75 Å². The Hall–Kier alpha value is -1.28. The fraction of sp³-hybridized carbons (Fsp3) is 0.471. The third-order valence-corrected chi connectivity index (χ3v) is 4.77. The number of rotatable bonds is 4. The van der Waals surface area contributed by atoms with Crippen molar-refractivity contribution >= 4 is 40.1 Å². The molecule has 1 atom stereocenters. The maximum atomic E-state index is 12.0. The van der Waals surface area contributed by atoms with E-state index in [-0.39, 0.29) is 17.2 Å². The third-order valence-electron chi connectivity index (χ3n) is 3.57. The molecule has 0 saturated carbocycles. The van der Waals surface area contributed by atoms with E-state index in [0.717, 1.165) is 5.56 Å². The van der Waals surface area contributed by atoms with Crippen LogP contribution in [0, 0.1) is 6.92 Å². The molecule has 2 rings (SSSR count). The fourth-order valence-electron chi connectivity index (χ4n) is 2.27. The molecule has 0 fully saturated rings. The number of hydrogen-bond donors (Lipinski definition) is 2. The predicted molar refractivity (Wildman–Crippen MR) is 108 cm³/mol. The number of aryl methyl sites for hydroxylation is 1. The highest BCUT2D eigenvalue weighted by Crippen LogP contribution is 2.49.